The lowest BCUT2D eigenvalue weighted by atomic mass is 10.1. The molecule has 0 aliphatic carbocycles. The van der Waals surface area contributed by atoms with Gasteiger partial charge in [-0.15, -0.1) is 10.2 Å². The van der Waals surface area contributed by atoms with Gasteiger partial charge in [-0.3, -0.25) is 4.79 Å². The van der Waals surface area contributed by atoms with E-state index in [9.17, 15) is 17.6 Å². The molecule has 0 unspecified atom stereocenters. The molecule has 8 nitrogen and oxygen atoms in total. The fourth-order valence-electron chi connectivity index (χ4n) is 4.42. The number of hydrogen-bond acceptors (Lipinski definition) is 6. The summed E-state index contributed by atoms with van der Waals surface area (Å²) in [4.78, 5) is 17.3. The van der Waals surface area contributed by atoms with Crippen molar-refractivity contribution in [1.82, 2.24) is 19.4 Å². The van der Waals surface area contributed by atoms with E-state index in [0.29, 0.717) is 44.1 Å². The summed E-state index contributed by atoms with van der Waals surface area (Å²) in [5.41, 5.74) is 2.41. The highest BCUT2D eigenvalue weighted by Crippen LogP contribution is 2.22. The number of aryl methyl sites for hydroxylation is 1. The van der Waals surface area contributed by atoms with Gasteiger partial charge in [-0.1, -0.05) is 24.6 Å². The zero-order valence-corrected chi connectivity index (χ0v) is 22.9. The lowest BCUT2D eigenvalue weighted by Crippen LogP contribution is -2.47. The average Bonchev–Trinajstić information content (AvgIpc) is 3.18. The number of carbonyl (C=O) groups excluding carboxylic acids is 1. The second-order valence-electron chi connectivity index (χ2n) is 9.63. The van der Waals surface area contributed by atoms with Gasteiger partial charge in [0, 0.05) is 37.8 Å². The number of amides is 1. The molecular weight excluding hydrogens is 505 g/mol. The summed E-state index contributed by atoms with van der Waals surface area (Å²) in [7, 11) is -3.82. The Balaban J connectivity index is 1.42. The predicted octanol–water partition coefficient (Wildman–Crippen LogP) is 4.12. The van der Waals surface area contributed by atoms with Gasteiger partial charge < -0.3 is 9.80 Å². The molecule has 1 aromatic heterocycles. The Labute approximate surface area is 224 Å². The molecule has 0 spiro atoms. The fraction of sp³-hybridized carbons (Fsp3) is 0.393. The molecule has 3 aromatic rings. The molecule has 1 aliphatic rings. The first-order chi connectivity index (χ1) is 18.2. The smallest absolute Gasteiger partial charge is 0.243 e. The number of rotatable bonds is 8. The van der Waals surface area contributed by atoms with Crippen molar-refractivity contribution in [3.63, 3.8) is 0 Å². The average molecular weight is 540 g/mol. The Bertz CT molecular complexity index is 1330. The minimum Gasteiger partial charge on any atom is -0.353 e. The van der Waals surface area contributed by atoms with Crippen molar-refractivity contribution in [2.45, 2.75) is 44.6 Å². The summed E-state index contributed by atoms with van der Waals surface area (Å²) in [6.45, 7) is 7.71. The molecule has 10 heteroatoms. The fourth-order valence-corrected chi connectivity index (χ4v) is 6.08. The van der Waals surface area contributed by atoms with Gasteiger partial charge in [-0.25, -0.2) is 12.8 Å². The zero-order valence-electron chi connectivity index (χ0n) is 22.0. The molecule has 202 valence electrons. The van der Waals surface area contributed by atoms with E-state index in [1.54, 1.807) is 41.3 Å². The van der Waals surface area contributed by atoms with Crippen molar-refractivity contribution >= 4 is 21.7 Å². The second kappa shape index (κ2) is 12.0. The van der Waals surface area contributed by atoms with Crippen LogP contribution in [0.3, 0.4) is 0 Å². The molecule has 2 heterocycles. The molecule has 1 amide bonds. The Hall–Kier alpha value is -3.37. The molecule has 2 aromatic carbocycles. The van der Waals surface area contributed by atoms with Crippen molar-refractivity contribution in [2.24, 2.45) is 0 Å². The normalized spacial score (nSPS) is 15.4. The number of benzene rings is 2. The number of hydrogen-bond donors (Lipinski definition) is 0. The Morgan fingerprint density at radius 3 is 2.32 bits per heavy atom. The van der Waals surface area contributed by atoms with Gasteiger partial charge in [0.15, 0.2) is 5.82 Å². The SMILES string of the molecule is CC[C@@H](C)N(CC(=O)N1CCCN(c2ccc(-c3ccc(F)cc3)nn2)CC1)S(=O)(=O)c1ccc(C)cc1. The first kappa shape index (κ1) is 27.7. The van der Waals surface area contributed by atoms with Gasteiger partial charge in [0.05, 0.1) is 17.1 Å². The Kier molecular flexibility index (Phi) is 8.73. The molecule has 0 bridgehead atoms. The van der Waals surface area contributed by atoms with E-state index in [1.807, 2.05) is 32.9 Å². The third-order valence-corrected chi connectivity index (χ3v) is 8.94. The van der Waals surface area contributed by atoms with Gasteiger partial charge in [0.2, 0.25) is 15.9 Å². The third-order valence-electron chi connectivity index (χ3n) is 6.96. The van der Waals surface area contributed by atoms with Crippen LogP contribution in [-0.2, 0) is 14.8 Å². The van der Waals surface area contributed by atoms with Crippen molar-refractivity contribution in [1.29, 1.82) is 0 Å². The highest BCUT2D eigenvalue weighted by molar-refractivity contribution is 7.89. The van der Waals surface area contributed by atoms with Crippen molar-refractivity contribution in [3.8, 4) is 11.3 Å². The summed E-state index contributed by atoms with van der Waals surface area (Å²) in [6, 6.07) is 16.2. The van der Waals surface area contributed by atoms with Gasteiger partial charge >= 0.3 is 0 Å². The van der Waals surface area contributed by atoms with Gasteiger partial charge in [-0.2, -0.15) is 4.31 Å². The third kappa shape index (κ3) is 6.36. The molecule has 1 fully saturated rings. The maximum absolute atomic E-state index is 13.4. The largest absolute Gasteiger partial charge is 0.353 e. The molecule has 38 heavy (non-hydrogen) atoms. The maximum atomic E-state index is 13.4. The summed E-state index contributed by atoms with van der Waals surface area (Å²) in [5, 5.41) is 8.66. The highest BCUT2D eigenvalue weighted by Gasteiger charge is 2.32. The van der Waals surface area contributed by atoms with E-state index >= 15 is 0 Å². The van der Waals surface area contributed by atoms with Crippen LogP contribution in [0.15, 0.2) is 65.6 Å². The molecular formula is C28H34FN5O3S. The monoisotopic (exact) mass is 539 g/mol. The van der Waals surface area contributed by atoms with Crippen molar-refractivity contribution in [2.75, 3.05) is 37.6 Å². The Morgan fingerprint density at radius 1 is 0.974 bits per heavy atom. The van der Waals surface area contributed by atoms with Crippen molar-refractivity contribution in [3.05, 3.63) is 72.0 Å². The Morgan fingerprint density at radius 2 is 1.68 bits per heavy atom. The molecule has 0 N–H and O–H groups in total. The predicted molar refractivity (Wildman–Crippen MR) is 146 cm³/mol. The minimum atomic E-state index is -3.82. The van der Waals surface area contributed by atoms with Crippen LogP contribution >= 0.6 is 0 Å². The van der Waals surface area contributed by atoms with E-state index in [4.69, 9.17) is 0 Å². The number of halogens is 1. The topological polar surface area (TPSA) is 86.7 Å². The number of nitrogens with zero attached hydrogens (tertiary/aromatic N) is 5. The van der Waals surface area contributed by atoms with Crippen LogP contribution in [-0.4, -0.2) is 72.5 Å². The molecule has 1 saturated heterocycles. The molecule has 1 atom stereocenters. The quantitative estimate of drug-likeness (QED) is 0.428. The zero-order chi connectivity index (χ0) is 27.3. The van der Waals surface area contributed by atoms with Gasteiger partial charge in [0.1, 0.15) is 5.82 Å². The first-order valence-electron chi connectivity index (χ1n) is 12.9. The van der Waals surface area contributed by atoms with Crippen LogP contribution in [0.2, 0.25) is 0 Å². The van der Waals surface area contributed by atoms with Crippen molar-refractivity contribution < 1.29 is 17.6 Å². The highest BCUT2D eigenvalue weighted by atomic mass is 32.2. The van der Waals surface area contributed by atoms with Crippen LogP contribution in [0.1, 0.15) is 32.3 Å². The summed E-state index contributed by atoms with van der Waals surface area (Å²) < 4.78 is 41.4. The van der Waals surface area contributed by atoms with E-state index in [1.165, 1.54) is 16.4 Å². The maximum Gasteiger partial charge on any atom is 0.243 e. The van der Waals surface area contributed by atoms with E-state index in [2.05, 4.69) is 15.1 Å². The van der Waals surface area contributed by atoms with Crippen LogP contribution in [0.5, 0.6) is 0 Å². The lowest BCUT2D eigenvalue weighted by molar-refractivity contribution is -0.131. The molecule has 0 saturated carbocycles. The van der Waals surface area contributed by atoms with Crippen LogP contribution in [0, 0.1) is 12.7 Å². The standard InChI is InChI=1S/C28H34FN5O3S/c1-4-22(3)34(38(36,37)25-12-6-21(2)7-13-25)20-28(35)33-17-5-16-32(18-19-33)27-15-14-26(30-31-27)23-8-10-24(29)11-9-23/h6-15,22H,4-5,16-20H2,1-3H3/t22-/m1/s1. The van der Waals surface area contributed by atoms with Crippen LogP contribution in [0.4, 0.5) is 10.2 Å². The first-order valence-corrected chi connectivity index (χ1v) is 14.3. The lowest BCUT2D eigenvalue weighted by Gasteiger charge is -2.30. The van der Waals surface area contributed by atoms with Gasteiger partial charge in [-0.05, 0) is 75.2 Å². The summed E-state index contributed by atoms with van der Waals surface area (Å²) in [5.74, 6) is 0.191. The van der Waals surface area contributed by atoms with E-state index in [0.717, 1.165) is 17.5 Å². The number of carbonyl (C=O) groups is 1. The number of anilines is 1. The van der Waals surface area contributed by atoms with Gasteiger partial charge in [0.25, 0.3) is 0 Å². The molecule has 4 rings (SSSR count). The second-order valence-corrected chi connectivity index (χ2v) is 11.5. The van der Waals surface area contributed by atoms with E-state index in [-0.39, 0.29) is 29.2 Å². The van der Waals surface area contributed by atoms with E-state index < -0.39 is 10.0 Å². The number of aromatic nitrogens is 2. The van der Waals surface area contributed by atoms with Crippen LogP contribution in [0.25, 0.3) is 11.3 Å². The van der Waals surface area contributed by atoms with Crippen LogP contribution < -0.4 is 4.90 Å². The molecule has 1 aliphatic heterocycles. The summed E-state index contributed by atoms with van der Waals surface area (Å²) in [6.07, 6.45) is 1.32. The minimum absolute atomic E-state index is 0.195. The summed E-state index contributed by atoms with van der Waals surface area (Å²) >= 11 is 0. The molecule has 0 radical (unpaired) electrons. The number of sulfonamides is 1.